The van der Waals surface area contributed by atoms with Gasteiger partial charge in [0.05, 0.1) is 13.7 Å². The Morgan fingerprint density at radius 1 is 1.18 bits per heavy atom. The average molecular weight is 565 g/mol. The van der Waals surface area contributed by atoms with E-state index in [2.05, 4.69) is 5.32 Å². The molecule has 38 heavy (non-hydrogen) atoms. The van der Waals surface area contributed by atoms with Crippen LogP contribution < -0.4 is 5.32 Å². The molecule has 1 N–H and O–H groups in total. The maximum atomic E-state index is 13.8. The molecule has 0 bridgehead atoms. The van der Waals surface area contributed by atoms with Gasteiger partial charge in [0.2, 0.25) is 17.7 Å². The number of rotatable bonds is 9. The van der Waals surface area contributed by atoms with Crippen molar-refractivity contribution in [2.75, 3.05) is 26.7 Å². The summed E-state index contributed by atoms with van der Waals surface area (Å²) in [6.45, 7) is 1.96. The number of allylic oxidation sites excluding steroid dienone is 1. The zero-order chi connectivity index (χ0) is 27.3. The standard InChI is InChI=1S/C28H35Cl2N3O5/c1-38-27(37)28-11-4-2-3-7-23(28)33(18-19-9-10-21(29)16-22(19)30)26(36)20(17-28)15-24(34)31-12-6-14-32-13-5-8-25(32)35/h7,9-10,16,20H,2-6,8,11-15,17-18H2,1H3,(H,31,34)/t20-,28+/m1/s1. The second kappa shape index (κ2) is 12.5. The van der Waals surface area contributed by atoms with Gasteiger partial charge in [-0.25, -0.2) is 0 Å². The molecule has 2 heterocycles. The van der Waals surface area contributed by atoms with Crippen molar-refractivity contribution in [3.63, 3.8) is 0 Å². The van der Waals surface area contributed by atoms with Crippen molar-refractivity contribution >= 4 is 46.9 Å². The largest absolute Gasteiger partial charge is 0.468 e. The van der Waals surface area contributed by atoms with E-state index < -0.39 is 11.3 Å². The molecule has 3 amide bonds. The molecule has 2 atom stereocenters. The van der Waals surface area contributed by atoms with Gasteiger partial charge in [-0.2, -0.15) is 0 Å². The Labute approximate surface area is 233 Å². The van der Waals surface area contributed by atoms with E-state index in [0.717, 1.165) is 32.2 Å². The number of piperidine rings is 1. The molecular formula is C28H35Cl2N3O5. The van der Waals surface area contributed by atoms with Gasteiger partial charge in [-0.05, 0) is 56.2 Å². The molecule has 2 aliphatic heterocycles. The lowest BCUT2D eigenvalue weighted by molar-refractivity contribution is -0.160. The Bertz CT molecular complexity index is 1120. The number of hydrogen-bond donors (Lipinski definition) is 1. The van der Waals surface area contributed by atoms with Gasteiger partial charge in [-0.3, -0.25) is 19.2 Å². The topological polar surface area (TPSA) is 96.0 Å². The zero-order valence-corrected chi connectivity index (χ0v) is 23.3. The zero-order valence-electron chi connectivity index (χ0n) is 21.8. The summed E-state index contributed by atoms with van der Waals surface area (Å²) in [6.07, 6.45) is 7.30. The van der Waals surface area contributed by atoms with Gasteiger partial charge >= 0.3 is 5.97 Å². The highest BCUT2D eigenvalue weighted by molar-refractivity contribution is 6.35. The third-order valence-electron chi connectivity index (χ3n) is 7.84. The lowest BCUT2D eigenvalue weighted by Gasteiger charge is -2.46. The molecule has 0 spiro atoms. The fourth-order valence-corrected chi connectivity index (χ4v) is 6.39. The number of fused-ring (bicyclic) bond motifs is 1. The van der Waals surface area contributed by atoms with E-state index in [9.17, 15) is 19.2 Å². The molecule has 1 aromatic carbocycles. The van der Waals surface area contributed by atoms with Crippen LogP contribution >= 0.6 is 23.2 Å². The molecular weight excluding hydrogens is 529 g/mol. The number of benzene rings is 1. The first kappa shape index (κ1) is 28.4. The second-order valence-corrected chi connectivity index (χ2v) is 11.2. The van der Waals surface area contributed by atoms with E-state index in [4.69, 9.17) is 27.9 Å². The first-order chi connectivity index (χ1) is 18.2. The number of amides is 3. The lowest BCUT2D eigenvalue weighted by atomic mass is 9.69. The van der Waals surface area contributed by atoms with Crippen molar-refractivity contribution in [3.8, 4) is 0 Å². The monoisotopic (exact) mass is 563 g/mol. The second-order valence-electron chi connectivity index (χ2n) is 10.4. The van der Waals surface area contributed by atoms with Gasteiger partial charge in [0, 0.05) is 54.1 Å². The van der Waals surface area contributed by atoms with E-state index in [1.807, 2.05) is 11.0 Å². The molecule has 0 unspecified atom stereocenters. The van der Waals surface area contributed by atoms with Crippen molar-refractivity contribution < 1.29 is 23.9 Å². The Hall–Kier alpha value is -2.58. The van der Waals surface area contributed by atoms with Crippen LogP contribution in [0.4, 0.5) is 0 Å². The van der Waals surface area contributed by atoms with Gasteiger partial charge in [-0.1, -0.05) is 41.8 Å². The quantitative estimate of drug-likeness (QED) is 0.353. The van der Waals surface area contributed by atoms with Crippen molar-refractivity contribution in [2.45, 2.75) is 64.3 Å². The van der Waals surface area contributed by atoms with E-state index in [0.29, 0.717) is 53.7 Å². The molecule has 0 saturated carbocycles. The van der Waals surface area contributed by atoms with E-state index >= 15 is 0 Å². The van der Waals surface area contributed by atoms with Gasteiger partial charge in [-0.15, -0.1) is 0 Å². The third-order valence-corrected chi connectivity index (χ3v) is 8.42. The normalized spacial score (nSPS) is 23.6. The van der Waals surface area contributed by atoms with Gasteiger partial charge < -0.3 is 19.9 Å². The number of carbonyl (C=O) groups excluding carboxylic acids is 4. The predicted molar refractivity (Wildman–Crippen MR) is 144 cm³/mol. The molecule has 1 aliphatic carbocycles. The van der Waals surface area contributed by atoms with Crippen molar-refractivity contribution in [1.29, 1.82) is 0 Å². The smallest absolute Gasteiger partial charge is 0.317 e. The van der Waals surface area contributed by atoms with Crippen molar-refractivity contribution in [1.82, 2.24) is 15.1 Å². The molecule has 0 aromatic heterocycles. The number of likely N-dealkylation sites (tertiary alicyclic amines) is 2. The summed E-state index contributed by atoms with van der Waals surface area (Å²) in [5, 5.41) is 3.82. The predicted octanol–water partition coefficient (Wildman–Crippen LogP) is 4.48. The first-order valence-electron chi connectivity index (χ1n) is 13.3. The molecule has 0 radical (unpaired) electrons. The molecule has 4 rings (SSSR count). The minimum Gasteiger partial charge on any atom is -0.468 e. The Morgan fingerprint density at radius 3 is 2.71 bits per heavy atom. The summed E-state index contributed by atoms with van der Waals surface area (Å²) in [6, 6.07) is 5.12. The average Bonchev–Trinajstić information content (AvgIpc) is 3.17. The summed E-state index contributed by atoms with van der Waals surface area (Å²) in [7, 11) is 1.36. The maximum Gasteiger partial charge on any atom is 0.317 e. The van der Waals surface area contributed by atoms with Gasteiger partial charge in [0.15, 0.2) is 0 Å². The summed E-state index contributed by atoms with van der Waals surface area (Å²) in [5.41, 5.74) is 0.346. The van der Waals surface area contributed by atoms with Gasteiger partial charge in [0.25, 0.3) is 0 Å². The highest BCUT2D eigenvalue weighted by atomic mass is 35.5. The van der Waals surface area contributed by atoms with E-state index in [-0.39, 0.29) is 43.1 Å². The van der Waals surface area contributed by atoms with Crippen LogP contribution in [0.2, 0.25) is 10.0 Å². The van der Waals surface area contributed by atoms with Crippen molar-refractivity contribution in [2.24, 2.45) is 11.3 Å². The number of methoxy groups -OCH3 is 1. The number of hydrogen-bond acceptors (Lipinski definition) is 5. The Kier molecular flexibility index (Phi) is 9.36. The molecule has 2 saturated heterocycles. The summed E-state index contributed by atoms with van der Waals surface area (Å²) >= 11 is 12.5. The van der Waals surface area contributed by atoms with Crippen LogP contribution in [0.25, 0.3) is 0 Å². The molecule has 3 aliphatic rings. The van der Waals surface area contributed by atoms with Crippen LogP contribution in [-0.2, 0) is 30.5 Å². The minimum absolute atomic E-state index is 0.0294. The number of nitrogens with zero attached hydrogens (tertiary/aromatic N) is 2. The molecule has 206 valence electrons. The van der Waals surface area contributed by atoms with Crippen LogP contribution in [0, 0.1) is 11.3 Å². The highest BCUT2D eigenvalue weighted by Gasteiger charge is 2.53. The number of ether oxygens (including phenoxy) is 1. The van der Waals surface area contributed by atoms with Crippen LogP contribution in [0.3, 0.4) is 0 Å². The number of nitrogens with one attached hydrogen (secondary N) is 1. The number of halogens is 2. The summed E-state index contributed by atoms with van der Waals surface area (Å²) in [5.74, 6) is -1.37. The first-order valence-corrected chi connectivity index (χ1v) is 14.1. The lowest BCUT2D eigenvalue weighted by Crippen LogP contribution is -2.53. The Balaban J connectivity index is 1.52. The molecule has 10 heteroatoms. The van der Waals surface area contributed by atoms with Gasteiger partial charge in [0.1, 0.15) is 5.41 Å². The molecule has 2 fully saturated rings. The maximum absolute atomic E-state index is 13.8. The number of esters is 1. The minimum atomic E-state index is -1.00. The van der Waals surface area contributed by atoms with E-state index in [1.165, 1.54) is 7.11 Å². The summed E-state index contributed by atoms with van der Waals surface area (Å²) in [4.78, 5) is 55.3. The highest BCUT2D eigenvalue weighted by Crippen LogP contribution is 2.50. The van der Waals surface area contributed by atoms with Crippen LogP contribution in [0.5, 0.6) is 0 Å². The SMILES string of the molecule is COC(=O)[C@]12CCCCC=C1N(Cc1ccc(Cl)cc1Cl)C(=O)[C@H](CC(=O)NCCCN1CCCC1=O)C2. The third kappa shape index (κ3) is 6.18. The van der Waals surface area contributed by atoms with Crippen LogP contribution in [0.15, 0.2) is 30.0 Å². The number of carbonyl (C=O) groups is 4. The fourth-order valence-electron chi connectivity index (χ4n) is 5.92. The Morgan fingerprint density at radius 2 is 2.00 bits per heavy atom. The van der Waals surface area contributed by atoms with Crippen LogP contribution in [-0.4, -0.2) is 60.2 Å². The van der Waals surface area contributed by atoms with Crippen LogP contribution in [0.1, 0.15) is 63.4 Å². The fraction of sp³-hybridized carbons (Fsp3) is 0.571. The molecule has 1 aromatic rings. The molecule has 8 nitrogen and oxygen atoms in total. The summed E-state index contributed by atoms with van der Waals surface area (Å²) < 4.78 is 5.27. The van der Waals surface area contributed by atoms with Crippen molar-refractivity contribution in [3.05, 3.63) is 45.6 Å². The van der Waals surface area contributed by atoms with E-state index in [1.54, 1.807) is 23.1 Å².